The molecule has 230 valence electrons. The second-order valence-corrected chi connectivity index (χ2v) is 11.5. The first kappa shape index (κ1) is 29.0. The van der Waals surface area contributed by atoms with Crippen molar-refractivity contribution in [3.63, 3.8) is 0 Å². The normalized spacial score (nSPS) is 15.0. The van der Waals surface area contributed by atoms with Crippen LogP contribution >= 0.6 is 0 Å². The van der Waals surface area contributed by atoms with Crippen LogP contribution in [-0.4, -0.2) is 36.0 Å². The monoisotopic (exact) mass is 615 g/mol. The number of hydrogen-bond donors (Lipinski definition) is 2. The van der Waals surface area contributed by atoms with Crippen LogP contribution < -0.4 is 10.6 Å². The molecule has 8 nitrogen and oxygen atoms in total. The Morgan fingerprint density at radius 1 is 0.870 bits per heavy atom. The zero-order chi connectivity index (χ0) is 31.8. The third-order valence-corrected chi connectivity index (χ3v) is 8.69. The summed E-state index contributed by atoms with van der Waals surface area (Å²) >= 11 is 0. The van der Waals surface area contributed by atoms with Crippen LogP contribution in [0.1, 0.15) is 50.2 Å². The molecule has 0 bridgehead atoms. The molecule has 0 spiro atoms. The van der Waals surface area contributed by atoms with E-state index in [1.165, 1.54) is 30.5 Å². The number of ether oxygens (including phenoxy) is 1. The second-order valence-electron chi connectivity index (χ2n) is 11.5. The van der Waals surface area contributed by atoms with Crippen LogP contribution in [-0.2, 0) is 16.1 Å². The van der Waals surface area contributed by atoms with Gasteiger partial charge in [0.05, 0.1) is 23.4 Å². The van der Waals surface area contributed by atoms with Crippen LogP contribution in [0.5, 0.6) is 0 Å². The minimum atomic E-state index is -0.706. The zero-order valence-electron chi connectivity index (χ0n) is 25.0. The average Bonchev–Trinajstić information content (AvgIpc) is 3.65. The largest absolute Gasteiger partial charge is 0.469 e. The number of carbonyl (C=O) groups is 3. The summed E-state index contributed by atoms with van der Waals surface area (Å²) in [4.78, 5) is 41.4. The number of anilines is 2. The molecular weight excluding hydrogens is 585 g/mol. The van der Waals surface area contributed by atoms with E-state index in [0.29, 0.717) is 18.0 Å². The van der Waals surface area contributed by atoms with Crippen LogP contribution in [0.25, 0.3) is 11.1 Å². The summed E-state index contributed by atoms with van der Waals surface area (Å²) < 4.78 is 25.7. The van der Waals surface area contributed by atoms with E-state index in [0.717, 1.165) is 33.4 Å². The van der Waals surface area contributed by atoms with Crippen molar-refractivity contribution < 1.29 is 27.9 Å². The van der Waals surface area contributed by atoms with Crippen molar-refractivity contribution in [3.05, 3.63) is 143 Å². The van der Waals surface area contributed by atoms with Crippen molar-refractivity contribution in [1.29, 1.82) is 0 Å². The van der Waals surface area contributed by atoms with Gasteiger partial charge in [-0.05, 0) is 64.6 Å². The van der Waals surface area contributed by atoms with Crippen molar-refractivity contribution in [2.75, 3.05) is 23.8 Å². The molecule has 3 amide bonds. The Morgan fingerprint density at radius 3 is 2.24 bits per heavy atom. The quantitative estimate of drug-likeness (QED) is 0.206. The number of amides is 3. The molecule has 0 fully saturated rings. The molecule has 2 heterocycles. The number of fused-ring (bicyclic) bond motifs is 4. The highest BCUT2D eigenvalue weighted by Crippen LogP contribution is 2.44. The summed E-state index contributed by atoms with van der Waals surface area (Å²) in [5.41, 5.74) is 6.64. The van der Waals surface area contributed by atoms with Gasteiger partial charge in [-0.25, -0.2) is 9.18 Å². The number of hydrogen-bond acceptors (Lipinski definition) is 5. The number of aryl methyl sites for hydroxylation is 1. The lowest BCUT2D eigenvalue weighted by Crippen LogP contribution is -2.42. The Kier molecular flexibility index (Phi) is 7.58. The fourth-order valence-corrected chi connectivity index (χ4v) is 6.39. The summed E-state index contributed by atoms with van der Waals surface area (Å²) in [5, 5.41) is 5.38. The molecule has 0 radical (unpaired) electrons. The molecule has 2 N–H and O–H groups in total. The second kappa shape index (κ2) is 12.0. The van der Waals surface area contributed by atoms with Crippen molar-refractivity contribution in [1.82, 2.24) is 4.90 Å². The van der Waals surface area contributed by atoms with Gasteiger partial charge in [0.2, 0.25) is 5.91 Å². The highest BCUT2D eigenvalue weighted by molar-refractivity contribution is 6.05. The lowest BCUT2D eigenvalue weighted by molar-refractivity contribution is -0.118. The molecule has 0 saturated carbocycles. The number of carbonyl (C=O) groups excluding carboxylic acids is 3. The van der Waals surface area contributed by atoms with E-state index in [1.54, 1.807) is 11.8 Å². The van der Waals surface area contributed by atoms with Crippen LogP contribution in [0.2, 0.25) is 0 Å². The SMILES string of the molecule is Cc1occc1C(=O)Nc1cc(NC(=O)C2CN(C(=O)OCC3c4ccccc4-c4ccccc43)Cc3ccccc32)ccc1F. The summed E-state index contributed by atoms with van der Waals surface area (Å²) in [6.45, 7) is 2.21. The lowest BCUT2D eigenvalue weighted by Gasteiger charge is -2.33. The van der Waals surface area contributed by atoms with Gasteiger partial charge in [-0.2, -0.15) is 0 Å². The van der Waals surface area contributed by atoms with Gasteiger partial charge >= 0.3 is 6.09 Å². The molecule has 1 aliphatic carbocycles. The predicted molar refractivity (Wildman–Crippen MR) is 171 cm³/mol. The molecular formula is C37H30FN3O5. The molecule has 1 unspecified atom stereocenters. The van der Waals surface area contributed by atoms with Crippen LogP contribution in [0.4, 0.5) is 20.6 Å². The first-order valence-corrected chi connectivity index (χ1v) is 15.0. The van der Waals surface area contributed by atoms with Crippen molar-refractivity contribution in [3.8, 4) is 11.1 Å². The number of rotatable bonds is 6. The van der Waals surface area contributed by atoms with E-state index in [1.807, 2.05) is 48.5 Å². The zero-order valence-corrected chi connectivity index (χ0v) is 25.0. The molecule has 0 saturated heterocycles. The molecule has 9 heteroatoms. The molecule has 46 heavy (non-hydrogen) atoms. The van der Waals surface area contributed by atoms with Gasteiger partial charge in [0.1, 0.15) is 18.2 Å². The molecule has 1 aliphatic heterocycles. The van der Waals surface area contributed by atoms with E-state index >= 15 is 0 Å². The topological polar surface area (TPSA) is 101 Å². The Hall–Kier alpha value is -5.70. The number of nitrogens with zero attached hydrogens (tertiary/aromatic N) is 1. The van der Waals surface area contributed by atoms with Crippen LogP contribution in [0.15, 0.2) is 108 Å². The van der Waals surface area contributed by atoms with Crippen molar-refractivity contribution >= 4 is 29.3 Å². The number of nitrogens with one attached hydrogen (secondary N) is 2. The highest BCUT2D eigenvalue weighted by atomic mass is 19.1. The van der Waals surface area contributed by atoms with Crippen LogP contribution in [0.3, 0.4) is 0 Å². The minimum absolute atomic E-state index is 0.0851. The molecule has 1 aromatic heterocycles. The summed E-state index contributed by atoms with van der Waals surface area (Å²) in [6.07, 6.45) is 0.876. The molecule has 1 atom stereocenters. The Bertz CT molecular complexity index is 1940. The Balaban J connectivity index is 1.07. The number of benzene rings is 4. The molecule has 5 aromatic rings. The van der Waals surface area contributed by atoms with Gasteiger partial charge in [0.25, 0.3) is 5.91 Å². The van der Waals surface area contributed by atoms with E-state index in [9.17, 15) is 18.8 Å². The van der Waals surface area contributed by atoms with Crippen molar-refractivity contribution in [2.24, 2.45) is 0 Å². The summed E-state index contributed by atoms with van der Waals surface area (Å²) in [7, 11) is 0. The van der Waals surface area contributed by atoms with Gasteiger partial charge in [-0.3, -0.25) is 9.59 Å². The Morgan fingerprint density at radius 2 is 1.54 bits per heavy atom. The first-order valence-electron chi connectivity index (χ1n) is 15.0. The summed E-state index contributed by atoms with van der Waals surface area (Å²) in [5.74, 6) is -1.96. The number of halogens is 1. The third-order valence-electron chi connectivity index (χ3n) is 8.69. The Labute approximate surface area is 264 Å². The van der Waals surface area contributed by atoms with Gasteiger partial charge in [-0.1, -0.05) is 72.8 Å². The minimum Gasteiger partial charge on any atom is -0.469 e. The predicted octanol–water partition coefficient (Wildman–Crippen LogP) is 7.47. The van der Waals surface area contributed by atoms with Gasteiger partial charge in [-0.15, -0.1) is 0 Å². The van der Waals surface area contributed by atoms with Gasteiger partial charge in [0.15, 0.2) is 0 Å². The maximum absolute atomic E-state index is 14.6. The fourth-order valence-electron chi connectivity index (χ4n) is 6.39. The van der Waals surface area contributed by atoms with E-state index in [-0.39, 0.29) is 36.2 Å². The van der Waals surface area contributed by atoms with Crippen LogP contribution in [0, 0.1) is 12.7 Å². The van der Waals surface area contributed by atoms with Gasteiger partial charge < -0.3 is 24.7 Å². The average molecular weight is 616 g/mol. The van der Waals surface area contributed by atoms with E-state index in [4.69, 9.17) is 9.15 Å². The van der Waals surface area contributed by atoms with Gasteiger partial charge in [0, 0.05) is 24.7 Å². The number of furan rings is 1. The molecule has 4 aromatic carbocycles. The van der Waals surface area contributed by atoms with E-state index in [2.05, 4.69) is 34.9 Å². The lowest BCUT2D eigenvalue weighted by atomic mass is 9.89. The third kappa shape index (κ3) is 5.40. The molecule has 7 rings (SSSR count). The maximum Gasteiger partial charge on any atom is 0.410 e. The maximum atomic E-state index is 14.6. The standard InChI is InChI=1S/C37H30FN3O5/c1-22-25(16-17-45-22)35(42)40-34-18-24(14-15-33(34)38)39-36(43)31-20-41(19-23-8-2-3-9-26(23)31)37(44)46-21-32-29-12-6-4-10-27(29)28-11-5-7-13-30(28)32/h2-18,31-32H,19-21H2,1H3,(H,39,43)(H,40,42). The van der Waals surface area contributed by atoms with Crippen molar-refractivity contribution in [2.45, 2.75) is 25.3 Å². The van der Waals surface area contributed by atoms with E-state index < -0.39 is 23.7 Å². The summed E-state index contributed by atoms with van der Waals surface area (Å²) in [6, 6.07) is 29.2. The molecule has 2 aliphatic rings. The first-order chi connectivity index (χ1) is 22.4. The highest BCUT2D eigenvalue weighted by Gasteiger charge is 2.35. The fraction of sp³-hybridized carbons (Fsp3) is 0.162. The smallest absolute Gasteiger partial charge is 0.410 e.